The molecule has 0 unspecified atom stereocenters. The first-order valence-electron chi connectivity index (χ1n) is 9.43. The van der Waals surface area contributed by atoms with Gasteiger partial charge in [-0.1, -0.05) is 29.3 Å². The van der Waals surface area contributed by atoms with Crippen molar-refractivity contribution in [3.05, 3.63) is 70.9 Å². The van der Waals surface area contributed by atoms with Gasteiger partial charge < -0.3 is 11.5 Å². The van der Waals surface area contributed by atoms with Gasteiger partial charge in [0, 0.05) is 11.1 Å². The van der Waals surface area contributed by atoms with Crippen LogP contribution in [-0.2, 0) is 6.54 Å². The third-order valence-corrected chi connectivity index (χ3v) is 4.77. The number of carbonyl (C=O) groups is 1. The lowest BCUT2D eigenvalue weighted by molar-refractivity contribution is 0.0995. The monoisotopic (exact) mass is 428 g/mol. The van der Waals surface area contributed by atoms with Crippen molar-refractivity contribution in [3.8, 4) is 35.1 Å². The number of aromatic nitrogens is 6. The highest BCUT2D eigenvalue weighted by atomic mass is 19.1. The molecule has 4 N–H and O–H groups in total. The zero-order valence-electron chi connectivity index (χ0n) is 17.0. The van der Waals surface area contributed by atoms with Crippen LogP contribution in [0.1, 0.15) is 27.3 Å². The lowest BCUT2D eigenvalue weighted by Gasteiger charge is -2.09. The van der Waals surface area contributed by atoms with Gasteiger partial charge in [0.05, 0.1) is 18.4 Å². The molecule has 1 aromatic carbocycles. The Morgan fingerprint density at radius 2 is 1.97 bits per heavy atom. The molecular formula is C22H17FN8O. The molecule has 0 saturated heterocycles. The van der Waals surface area contributed by atoms with Crippen LogP contribution in [0.25, 0.3) is 22.8 Å². The number of hydrogen-bond acceptors (Lipinski definition) is 7. The summed E-state index contributed by atoms with van der Waals surface area (Å²) in [5.74, 6) is 1.05. The number of nitrogens with zero attached hydrogens (tertiary/aromatic N) is 6. The van der Waals surface area contributed by atoms with E-state index in [9.17, 15) is 9.18 Å². The lowest BCUT2D eigenvalue weighted by Crippen LogP contribution is -2.14. The summed E-state index contributed by atoms with van der Waals surface area (Å²) in [6.07, 6.45) is 7.04. The summed E-state index contributed by atoms with van der Waals surface area (Å²) in [6, 6.07) is 10.2. The Hall–Kier alpha value is -4.65. The predicted molar refractivity (Wildman–Crippen MR) is 115 cm³/mol. The second kappa shape index (κ2) is 8.23. The zero-order chi connectivity index (χ0) is 22.8. The summed E-state index contributed by atoms with van der Waals surface area (Å²) < 4.78 is 16.2. The second-order valence-electron chi connectivity index (χ2n) is 6.90. The fourth-order valence-electron chi connectivity index (χ4n) is 3.14. The molecule has 32 heavy (non-hydrogen) atoms. The van der Waals surface area contributed by atoms with Gasteiger partial charge in [0.25, 0.3) is 5.91 Å². The predicted octanol–water partition coefficient (Wildman–Crippen LogP) is 1.96. The molecule has 158 valence electrons. The van der Waals surface area contributed by atoms with Gasteiger partial charge in [0.2, 0.25) is 0 Å². The molecule has 4 aromatic rings. The van der Waals surface area contributed by atoms with Gasteiger partial charge in [-0.25, -0.2) is 24.0 Å². The molecule has 0 bridgehead atoms. The molecule has 3 aromatic heterocycles. The van der Waals surface area contributed by atoms with Gasteiger partial charge >= 0.3 is 0 Å². The zero-order valence-corrected chi connectivity index (χ0v) is 17.0. The highest BCUT2D eigenvalue weighted by Crippen LogP contribution is 2.28. The Morgan fingerprint density at radius 3 is 2.72 bits per heavy atom. The highest BCUT2D eigenvalue weighted by molar-refractivity contribution is 5.90. The number of nitrogen functional groups attached to an aromatic ring is 1. The normalized spacial score (nSPS) is 10.7. The van der Waals surface area contributed by atoms with Crippen LogP contribution in [-0.4, -0.2) is 35.9 Å². The minimum atomic E-state index is -0.805. The van der Waals surface area contributed by atoms with Crippen LogP contribution in [0.15, 0.2) is 42.6 Å². The van der Waals surface area contributed by atoms with Gasteiger partial charge in [-0.15, -0.1) is 11.5 Å². The molecule has 1 amide bonds. The number of rotatable bonds is 5. The number of pyridine rings is 1. The molecule has 0 fully saturated rings. The van der Waals surface area contributed by atoms with Crippen LogP contribution in [0, 0.1) is 25.1 Å². The summed E-state index contributed by atoms with van der Waals surface area (Å²) in [7, 11) is 0. The fraction of sp³-hybridized carbons (Fsp3) is 0.0909. The first kappa shape index (κ1) is 20.6. The van der Waals surface area contributed by atoms with E-state index in [0.29, 0.717) is 16.8 Å². The Labute approximate surface area is 182 Å². The molecule has 0 spiro atoms. The smallest absolute Gasteiger partial charge is 0.267 e. The number of carbonyl (C=O) groups excluding carboxylic acids is 1. The largest absolute Gasteiger partial charge is 0.381 e. The van der Waals surface area contributed by atoms with E-state index in [0.717, 1.165) is 5.56 Å². The Kier molecular flexibility index (Phi) is 5.30. The number of primary amides is 1. The summed E-state index contributed by atoms with van der Waals surface area (Å²) in [5, 5.41) is 8.00. The first-order valence-corrected chi connectivity index (χ1v) is 9.43. The molecule has 10 heteroatoms. The van der Waals surface area contributed by atoms with Gasteiger partial charge in [0.15, 0.2) is 17.5 Å². The third kappa shape index (κ3) is 3.87. The third-order valence-electron chi connectivity index (χ3n) is 4.77. The standard InChI is InChI=1S/C22H17FN8O/c1-3-13-6-4-8-15(12(13)2)22-27-19(18(23)20(24)28-22)17-11-31(30-29-17)10-14-7-5-9-16(26-14)21(25)32/h1,4-9,11H,10H2,2H3,(H2,25,32)(H2,24,27,28). The van der Waals surface area contributed by atoms with E-state index in [1.807, 2.05) is 6.92 Å². The van der Waals surface area contributed by atoms with E-state index in [1.165, 1.54) is 16.9 Å². The number of hydrogen-bond donors (Lipinski definition) is 2. The maximum Gasteiger partial charge on any atom is 0.267 e. The van der Waals surface area contributed by atoms with Crippen LogP contribution in [0.5, 0.6) is 0 Å². The Morgan fingerprint density at radius 1 is 1.19 bits per heavy atom. The van der Waals surface area contributed by atoms with Gasteiger partial charge in [-0.3, -0.25) is 4.79 Å². The molecule has 3 heterocycles. The molecular weight excluding hydrogens is 411 g/mol. The molecule has 0 atom stereocenters. The average molecular weight is 428 g/mol. The van der Waals surface area contributed by atoms with Crippen molar-refractivity contribution in [3.63, 3.8) is 0 Å². The topological polar surface area (TPSA) is 138 Å². The van der Waals surface area contributed by atoms with Crippen molar-refractivity contribution < 1.29 is 9.18 Å². The van der Waals surface area contributed by atoms with Gasteiger partial charge in [-0.05, 0) is 30.7 Å². The summed E-state index contributed by atoms with van der Waals surface area (Å²) >= 11 is 0. The number of halogens is 1. The van der Waals surface area contributed by atoms with Crippen LogP contribution in [0.3, 0.4) is 0 Å². The SMILES string of the molecule is C#Cc1cccc(-c2nc(N)c(F)c(-c3cn(Cc4cccc(C(N)=O)n4)nn3)n2)c1C. The van der Waals surface area contributed by atoms with Crippen LogP contribution in [0.4, 0.5) is 10.2 Å². The highest BCUT2D eigenvalue weighted by Gasteiger charge is 2.19. The Bertz CT molecular complexity index is 1390. The summed E-state index contributed by atoms with van der Waals surface area (Å²) in [4.78, 5) is 23.9. The van der Waals surface area contributed by atoms with E-state index in [-0.39, 0.29) is 35.3 Å². The first-order chi connectivity index (χ1) is 15.4. The molecule has 0 aliphatic carbocycles. The second-order valence-corrected chi connectivity index (χ2v) is 6.90. The van der Waals surface area contributed by atoms with Crippen molar-refractivity contribution in [2.45, 2.75) is 13.5 Å². The van der Waals surface area contributed by atoms with Gasteiger partial charge in [0.1, 0.15) is 17.1 Å². The lowest BCUT2D eigenvalue weighted by atomic mass is 10.0. The van der Waals surface area contributed by atoms with E-state index in [2.05, 4.69) is 31.2 Å². The maximum absolute atomic E-state index is 14.8. The van der Waals surface area contributed by atoms with Crippen molar-refractivity contribution in [2.75, 3.05) is 5.73 Å². The van der Waals surface area contributed by atoms with E-state index >= 15 is 0 Å². The fourth-order valence-corrected chi connectivity index (χ4v) is 3.14. The number of benzene rings is 1. The molecule has 0 aliphatic rings. The van der Waals surface area contributed by atoms with Crippen molar-refractivity contribution >= 4 is 11.7 Å². The van der Waals surface area contributed by atoms with Crippen molar-refractivity contribution in [1.29, 1.82) is 0 Å². The Balaban J connectivity index is 1.71. The quantitative estimate of drug-likeness (QED) is 0.463. The van der Waals surface area contributed by atoms with Crippen molar-refractivity contribution in [1.82, 2.24) is 29.9 Å². The number of amides is 1. The van der Waals surface area contributed by atoms with Crippen molar-refractivity contribution in [2.24, 2.45) is 5.73 Å². The van der Waals surface area contributed by atoms with E-state index in [1.54, 1.807) is 30.3 Å². The summed E-state index contributed by atoms with van der Waals surface area (Å²) in [5.41, 5.74) is 13.9. The maximum atomic E-state index is 14.8. The van der Waals surface area contributed by atoms with Gasteiger partial charge in [-0.2, -0.15) is 0 Å². The average Bonchev–Trinajstić information content (AvgIpc) is 3.24. The molecule has 4 rings (SSSR count). The minimum Gasteiger partial charge on any atom is -0.381 e. The number of nitrogens with two attached hydrogens (primary N) is 2. The number of terminal acetylenes is 1. The molecule has 0 radical (unpaired) electrons. The molecule has 0 aliphatic heterocycles. The molecule has 9 nitrogen and oxygen atoms in total. The van der Waals surface area contributed by atoms with E-state index in [4.69, 9.17) is 17.9 Å². The van der Waals surface area contributed by atoms with Crippen LogP contribution in [0.2, 0.25) is 0 Å². The number of anilines is 1. The van der Waals surface area contributed by atoms with Crippen LogP contribution >= 0.6 is 0 Å². The molecule has 0 saturated carbocycles. The van der Waals surface area contributed by atoms with Crippen LogP contribution < -0.4 is 11.5 Å². The minimum absolute atomic E-state index is 0.0943. The summed E-state index contributed by atoms with van der Waals surface area (Å²) in [6.45, 7) is 2.02. The van der Waals surface area contributed by atoms with E-state index < -0.39 is 11.7 Å².